The van der Waals surface area contributed by atoms with E-state index in [-0.39, 0.29) is 5.91 Å². The van der Waals surface area contributed by atoms with Crippen molar-refractivity contribution in [2.45, 2.75) is 52.1 Å². The molecule has 0 radical (unpaired) electrons. The van der Waals surface area contributed by atoms with E-state index in [0.717, 1.165) is 5.82 Å². The van der Waals surface area contributed by atoms with E-state index in [1.807, 2.05) is 61.0 Å². The smallest absolute Gasteiger partial charge is 0.255 e. The zero-order valence-electron chi connectivity index (χ0n) is 22.8. The van der Waals surface area contributed by atoms with Crippen molar-refractivity contribution in [2.24, 2.45) is 0 Å². The first-order valence-corrected chi connectivity index (χ1v) is 12.0. The summed E-state index contributed by atoms with van der Waals surface area (Å²) in [4.78, 5) is 40.8. The molecule has 5 N–H and O–H groups in total. The largest absolute Gasteiger partial charge is 0.358 e. The van der Waals surface area contributed by atoms with Crippen LogP contribution in [0, 0.1) is 11.8 Å². The van der Waals surface area contributed by atoms with Gasteiger partial charge in [-0.1, -0.05) is 39.5 Å². The molecule has 35 heavy (non-hydrogen) atoms. The highest BCUT2D eigenvalue weighted by atomic mass is 16.2. The first kappa shape index (κ1) is 34.2. The molecule has 0 aliphatic carbocycles. The third kappa shape index (κ3) is 11.3. The number of likely N-dealkylation sites (N-methyl/N-ethyl adjacent to an activating group) is 3. The summed E-state index contributed by atoms with van der Waals surface area (Å²) in [6.45, 7) is 9.42. The number of anilines is 1. The summed E-state index contributed by atoms with van der Waals surface area (Å²) in [5.41, 5.74) is 0.121. The van der Waals surface area contributed by atoms with Gasteiger partial charge in [0.25, 0.3) is 5.91 Å². The molecule has 1 saturated heterocycles. The maximum absolute atomic E-state index is 12.2. The Balaban J connectivity index is 0. The monoisotopic (exact) mass is 491 g/mol. The molecule has 1 aliphatic heterocycles. The summed E-state index contributed by atoms with van der Waals surface area (Å²) in [6, 6.07) is 2.92. The second-order valence-corrected chi connectivity index (χ2v) is 6.92. The van der Waals surface area contributed by atoms with Crippen molar-refractivity contribution in [3.63, 3.8) is 0 Å². The highest BCUT2D eigenvalue weighted by Crippen LogP contribution is 2.25. The van der Waals surface area contributed by atoms with Crippen LogP contribution in [-0.2, 0) is 14.4 Å². The van der Waals surface area contributed by atoms with Gasteiger partial charge in [0.15, 0.2) is 0 Å². The van der Waals surface area contributed by atoms with Gasteiger partial charge in [0, 0.05) is 31.9 Å². The number of aromatic nitrogens is 1. The SMILES string of the molecule is CC.CC.CNC.CNC(=O)C1(NC)CCN(c2ccc(C#CC(NC)C(=O)NC=O)cn2)CC1. The van der Waals surface area contributed by atoms with E-state index in [2.05, 4.69) is 48.3 Å². The average Bonchev–Trinajstić information content (AvgIpc) is 2.92. The highest BCUT2D eigenvalue weighted by molar-refractivity contribution is 5.92. The molecule has 10 nitrogen and oxygen atoms in total. The Morgan fingerprint density at radius 1 is 1.06 bits per heavy atom. The Morgan fingerprint density at radius 2 is 1.63 bits per heavy atom. The van der Waals surface area contributed by atoms with E-state index >= 15 is 0 Å². The van der Waals surface area contributed by atoms with Crippen LogP contribution in [-0.4, -0.2) is 83.1 Å². The van der Waals surface area contributed by atoms with Gasteiger partial charge in [-0.3, -0.25) is 25.0 Å². The summed E-state index contributed by atoms with van der Waals surface area (Å²) in [5.74, 6) is 5.96. The zero-order valence-corrected chi connectivity index (χ0v) is 22.8. The molecular weight excluding hydrogens is 446 g/mol. The number of carbonyl (C=O) groups is 3. The van der Waals surface area contributed by atoms with E-state index in [0.29, 0.717) is 37.9 Å². The number of piperidine rings is 1. The fourth-order valence-electron chi connectivity index (χ4n) is 3.16. The lowest BCUT2D eigenvalue weighted by atomic mass is 9.86. The summed E-state index contributed by atoms with van der Waals surface area (Å²) in [7, 11) is 8.80. The predicted octanol–water partition coefficient (Wildman–Crippen LogP) is 0.486. The van der Waals surface area contributed by atoms with Crippen molar-refractivity contribution in [1.29, 1.82) is 0 Å². The van der Waals surface area contributed by atoms with E-state index in [1.54, 1.807) is 20.3 Å². The molecule has 0 aromatic carbocycles. The number of nitrogens with one attached hydrogen (secondary N) is 5. The van der Waals surface area contributed by atoms with Crippen molar-refractivity contribution >= 4 is 24.0 Å². The van der Waals surface area contributed by atoms with Crippen LogP contribution >= 0.6 is 0 Å². The van der Waals surface area contributed by atoms with Gasteiger partial charge in [-0.25, -0.2) is 4.98 Å². The third-order valence-corrected chi connectivity index (χ3v) is 4.94. The number of carbonyl (C=O) groups excluding carboxylic acids is 3. The number of amides is 3. The van der Waals surface area contributed by atoms with Gasteiger partial charge < -0.3 is 20.9 Å². The minimum atomic E-state index is -0.786. The van der Waals surface area contributed by atoms with Crippen LogP contribution in [0.1, 0.15) is 46.1 Å². The van der Waals surface area contributed by atoms with Crippen LogP contribution < -0.4 is 31.5 Å². The molecule has 3 amide bonds. The Bertz CT molecular complexity index is 780. The molecule has 0 spiro atoms. The molecule has 1 unspecified atom stereocenters. The Labute approximate surface area is 211 Å². The van der Waals surface area contributed by atoms with Crippen molar-refractivity contribution in [1.82, 2.24) is 31.6 Å². The molecular formula is C25H45N7O3. The van der Waals surface area contributed by atoms with Crippen molar-refractivity contribution in [3.05, 3.63) is 23.9 Å². The number of hydrogen-bond donors (Lipinski definition) is 5. The molecule has 0 bridgehead atoms. The maximum atomic E-state index is 12.2. The van der Waals surface area contributed by atoms with Crippen molar-refractivity contribution < 1.29 is 14.4 Å². The van der Waals surface area contributed by atoms with Crippen LogP contribution in [0.4, 0.5) is 5.82 Å². The van der Waals surface area contributed by atoms with Gasteiger partial charge in [-0.05, 0) is 53.2 Å². The predicted molar refractivity (Wildman–Crippen MR) is 143 cm³/mol. The zero-order chi connectivity index (χ0) is 27.3. The average molecular weight is 492 g/mol. The van der Waals surface area contributed by atoms with E-state index in [1.165, 1.54) is 0 Å². The quantitative estimate of drug-likeness (QED) is 0.287. The molecule has 1 aromatic rings. The van der Waals surface area contributed by atoms with Crippen LogP contribution in [0.5, 0.6) is 0 Å². The lowest BCUT2D eigenvalue weighted by molar-refractivity contribution is -0.128. The first-order valence-electron chi connectivity index (χ1n) is 12.0. The van der Waals surface area contributed by atoms with Crippen LogP contribution in [0.2, 0.25) is 0 Å². The third-order valence-electron chi connectivity index (χ3n) is 4.94. The molecule has 1 atom stereocenters. The van der Waals surface area contributed by atoms with Crippen molar-refractivity contribution in [3.8, 4) is 11.8 Å². The summed E-state index contributed by atoms with van der Waals surface area (Å²) < 4.78 is 0. The van der Waals surface area contributed by atoms with E-state index < -0.39 is 17.5 Å². The van der Waals surface area contributed by atoms with Crippen LogP contribution in [0.25, 0.3) is 0 Å². The Morgan fingerprint density at radius 3 is 2.03 bits per heavy atom. The van der Waals surface area contributed by atoms with Crippen molar-refractivity contribution in [2.75, 3.05) is 53.2 Å². The second-order valence-electron chi connectivity index (χ2n) is 6.92. The molecule has 2 rings (SSSR count). The molecule has 10 heteroatoms. The number of hydrogen-bond acceptors (Lipinski definition) is 8. The minimum absolute atomic E-state index is 0.00550. The number of imide groups is 1. The normalized spacial score (nSPS) is 13.9. The summed E-state index contributed by atoms with van der Waals surface area (Å²) >= 11 is 0. The van der Waals surface area contributed by atoms with Crippen LogP contribution in [0.15, 0.2) is 18.3 Å². The number of pyridine rings is 1. The molecule has 1 aromatic heterocycles. The first-order chi connectivity index (χ1) is 16.9. The van der Waals surface area contributed by atoms with E-state index in [4.69, 9.17) is 0 Å². The van der Waals surface area contributed by atoms with Crippen LogP contribution in [0.3, 0.4) is 0 Å². The fourth-order valence-corrected chi connectivity index (χ4v) is 3.16. The number of nitrogens with zero attached hydrogens (tertiary/aromatic N) is 2. The minimum Gasteiger partial charge on any atom is -0.358 e. The standard InChI is InChI=1S/C19H26N6O3.C2H7N.2C2H6/c1-20-15(17(27)24-13-26)6-4-14-5-7-16(23-12-14)25-10-8-19(22-3,9-11-25)18(28)21-2;1-3-2;2*1-2/h5,7,12-13,15,20,22H,8-11H2,1-3H3,(H,21,28)(H,24,26,27);3H,1-2H3;2*1-2H3. The molecule has 198 valence electrons. The molecule has 0 saturated carbocycles. The Hall–Kier alpha value is -3.00. The van der Waals surface area contributed by atoms with Gasteiger partial charge in [0.05, 0.1) is 0 Å². The van der Waals surface area contributed by atoms with Gasteiger partial charge in [-0.2, -0.15) is 0 Å². The molecule has 1 aliphatic rings. The number of rotatable bonds is 6. The maximum Gasteiger partial charge on any atom is 0.255 e. The second kappa shape index (κ2) is 20.4. The molecule has 1 fully saturated rings. The highest BCUT2D eigenvalue weighted by Gasteiger charge is 2.39. The molecule has 2 heterocycles. The van der Waals surface area contributed by atoms with Gasteiger partial charge in [0.1, 0.15) is 17.4 Å². The lowest BCUT2D eigenvalue weighted by Crippen LogP contribution is -2.60. The van der Waals surface area contributed by atoms with Gasteiger partial charge in [-0.15, -0.1) is 0 Å². The van der Waals surface area contributed by atoms with Gasteiger partial charge in [0.2, 0.25) is 12.3 Å². The summed E-state index contributed by atoms with van der Waals surface area (Å²) in [6.07, 6.45) is 3.34. The van der Waals surface area contributed by atoms with Gasteiger partial charge >= 0.3 is 0 Å². The lowest BCUT2D eigenvalue weighted by Gasteiger charge is -2.40. The van der Waals surface area contributed by atoms with E-state index in [9.17, 15) is 14.4 Å². The topological polar surface area (TPSA) is 127 Å². The summed E-state index contributed by atoms with van der Waals surface area (Å²) in [5, 5.41) is 13.4. The Kier molecular flexibility index (Phi) is 19.9. The fraction of sp³-hybridized carbons (Fsp3) is 0.600.